The normalized spacial score (nSPS) is 20.7. The average molecular weight is 516 g/mol. The van der Waals surface area contributed by atoms with Crippen LogP contribution in [-0.4, -0.2) is 70.0 Å². The standard InChI is InChI=1S/C27H33N9O2/c1-16-13-19(14-17(2)30-16)26(38)35-11-8-18(9-12-35)24-22-15-28-27(31-23-7-10-29-33-23)32-25(22)36(34-24)20-3-5-21(37)6-4-20/h7,10,13-15,18,20-21,37H,3-6,8-9,11-12H2,1-2H3,(H2,28,29,31,32,33). The van der Waals surface area contributed by atoms with Crippen molar-refractivity contribution in [1.82, 2.24) is 39.8 Å². The van der Waals surface area contributed by atoms with E-state index < -0.39 is 0 Å². The van der Waals surface area contributed by atoms with E-state index in [9.17, 15) is 9.90 Å². The summed E-state index contributed by atoms with van der Waals surface area (Å²) in [5.41, 5.74) is 4.23. The summed E-state index contributed by atoms with van der Waals surface area (Å²) in [6, 6.07) is 5.74. The van der Waals surface area contributed by atoms with Gasteiger partial charge < -0.3 is 15.3 Å². The Morgan fingerprint density at radius 1 is 1.05 bits per heavy atom. The van der Waals surface area contributed by atoms with Crippen molar-refractivity contribution in [3.63, 3.8) is 0 Å². The first-order valence-electron chi connectivity index (χ1n) is 13.4. The Hall–Kier alpha value is -3.86. The largest absolute Gasteiger partial charge is 0.393 e. The van der Waals surface area contributed by atoms with Crippen LogP contribution in [0.5, 0.6) is 0 Å². The summed E-state index contributed by atoms with van der Waals surface area (Å²) in [6.07, 6.45) is 8.21. The summed E-state index contributed by atoms with van der Waals surface area (Å²) in [5.74, 6) is 1.47. The molecular formula is C27H33N9O2. The first kappa shape index (κ1) is 24.5. The lowest BCUT2D eigenvalue weighted by Crippen LogP contribution is -2.38. The Bertz CT molecular complexity index is 1410. The molecule has 1 aliphatic heterocycles. The molecule has 1 saturated carbocycles. The van der Waals surface area contributed by atoms with Gasteiger partial charge in [0.25, 0.3) is 5.91 Å². The molecule has 4 aromatic rings. The molecular weight excluding hydrogens is 482 g/mol. The van der Waals surface area contributed by atoms with Crippen LogP contribution < -0.4 is 5.32 Å². The number of aryl methyl sites for hydroxylation is 2. The molecule has 5 heterocycles. The fourth-order valence-corrected chi connectivity index (χ4v) is 5.81. The van der Waals surface area contributed by atoms with Crippen LogP contribution in [0.2, 0.25) is 0 Å². The predicted octanol–water partition coefficient (Wildman–Crippen LogP) is 3.80. The zero-order valence-corrected chi connectivity index (χ0v) is 21.8. The first-order valence-corrected chi connectivity index (χ1v) is 13.4. The number of amides is 1. The second-order valence-corrected chi connectivity index (χ2v) is 10.5. The van der Waals surface area contributed by atoms with E-state index in [2.05, 4.69) is 30.2 Å². The van der Waals surface area contributed by atoms with Crippen molar-refractivity contribution in [3.8, 4) is 0 Å². The van der Waals surface area contributed by atoms with Crippen molar-refractivity contribution >= 4 is 28.7 Å². The lowest BCUT2D eigenvalue weighted by molar-refractivity contribution is 0.0711. The number of H-pyrrole nitrogens is 1. The van der Waals surface area contributed by atoms with Crippen LogP contribution in [0.25, 0.3) is 11.0 Å². The second kappa shape index (κ2) is 10.1. The van der Waals surface area contributed by atoms with Crippen molar-refractivity contribution < 1.29 is 9.90 Å². The smallest absolute Gasteiger partial charge is 0.253 e. The molecule has 11 heteroatoms. The number of carbonyl (C=O) groups excluding carboxylic acids is 1. The van der Waals surface area contributed by atoms with Gasteiger partial charge in [0, 0.05) is 48.2 Å². The van der Waals surface area contributed by atoms with E-state index in [0.717, 1.165) is 66.6 Å². The summed E-state index contributed by atoms with van der Waals surface area (Å²) >= 11 is 0. The highest BCUT2D eigenvalue weighted by Gasteiger charge is 2.31. The minimum absolute atomic E-state index is 0.0612. The number of hydrogen-bond donors (Lipinski definition) is 3. The minimum Gasteiger partial charge on any atom is -0.393 e. The van der Waals surface area contributed by atoms with Crippen molar-refractivity contribution in [2.24, 2.45) is 0 Å². The molecule has 6 rings (SSSR count). The van der Waals surface area contributed by atoms with Crippen molar-refractivity contribution in [1.29, 1.82) is 0 Å². The number of nitrogens with one attached hydrogen (secondary N) is 2. The van der Waals surface area contributed by atoms with E-state index in [-0.39, 0.29) is 24.0 Å². The number of pyridine rings is 1. The number of carbonyl (C=O) groups is 1. The highest BCUT2D eigenvalue weighted by molar-refractivity contribution is 5.94. The van der Waals surface area contributed by atoms with Crippen LogP contribution in [0.4, 0.5) is 11.8 Å². The van der Waals surface area contributed by atoms with Crippen LogP contribution in [0.3, 0.4) is 0 Å². The molecule has 0 radical (unpaired) electrons. The Kier molecular flexibility index (Phi) is 6.52. The monoisotopic (exact) mass is 515 g/mol. The summed E-state index contributed by atoms with van der Waals surface area (Å²) in [4.78, 5) is 29.0. The Morgan fingerprint density at radius 2 is 1.79 bits per heavy atom. The minimum atomic E-state index is -0.241. The Balaban J connectivity index is 1.26. The summed E-state index contributed by atoms with van der Waals surface area (Å²) in [5, 5.41) is 26.2. The summed E-state index contributed by atoms with van der Waals surface area (Å²) < 4.78 is 2.05. The van der Waals surface area contributed by atoms with Crippen LogP contribution in [0, 0.1) is 13.8 Å². The third kappa shape index (κ3) is 4.85. The van der Waals surface area contributed by atoms with Gasteiger partial charge in [0.1, 0.15) is 5.82 Å². The van der Waals surface area contributed by atoms with E-state index in [1.165, 1.54) is 0 Å². The van der Waals surface area contributed by atoms with Crippen molar-refractivity contribution in [2.45, 2.75) is 70.4 Å². The number of piperidine rings is 1. The van der Waals surface area contributed by atoms with Crippen LogP contribution in [0.1, 0.15) is 77.9 Å². The number of likely N-dealkylation sites (tertiary alicyclic amines) is 1. The van der Waals surface area contributed by atoms with Gasteiger partial charge in [-0.15, -0.1) is 0 Å². The highest BCUT2D eigenvalue weighted by Crippen LogP contribution is 2.36. The van der Waals surface area contributed by atoms with Crippen LogP contribution >= 0.6 is 0 Å². The molecule has 3 N–H and O–H groups in total. The molecule has 0 atom stereocenters. The maximum Gasteiger partial charge on any atom is 0.253 e. The molecule has 0 spiro atoms. The van der Waals surface area contributed by atoms with Crippen molar-refractivity contribution in [3.05, 3.63) is 53.2 Å². The van der Waals surface area contributed by atoms with Gasteiger partial charge in [0.05, 0.1) is 29.4 Å². The average Bonchev–Trinajstić information content (AvgIpc) is 3.56. The second-order valence-electron chi connectivity index (χ2n) is 10.5. The third-order valence-electron chi connectivity index (χ3n) is 7.73. The molecule has 0 aromatic carbocycles. The topological polar surface area (TPSA) is 138 Å². The lowest BCUT2D eigenvalue weighted by Gasteiger charge is -2.31. The fourth-order valence-electron chi connectivity index (χ4n) is 5.81. The molecule has 11 nitrogen and oxygen atoms in total. The first-order chi connectivity index (χ1) is 18.4. The molecule has 4 aromatic heterocycles. The van der Waals surface area contributed by atoms with Gasteiger partial charge in [-0.2, -0.15) is 15.2 Å². The number of aromatic nitrogens is 7. The van der Waals surface area contributed by atoms with Gasteiger partial charge in [-0.1, -0.05) is 0 Å². The zero-order chi connectivity index (χ0) is 26.2. The molecule has 0 unspecified atom stereocenters. The van der Waals surface area contributed by atoms with E-state index in [1.807, 2.05) is 43.1 Å². The molecule has 1 aliphatic carbocycles. The van der Waals surface area contributed by atoms with Gasteiger partial charge >= 0.3 is 0 Å². The molecule has 1 amide bonds. The van der Waals surface area contributed by atoms with E-state index in [0.29, 0.717) is 30.4 Å². The van der Waals surface area contributed by atoms with Gasteiger partial charge in [0.2, 0.25) is 5.95 Å². The highest BCUT2D eigenvalue weighted by atomic mass is 16.3. The molecule has 0 bridgehead atoms. The SMILES string of the molecule is Cc1cc(C(=O)N2CCC(c3nn(C4CCC(O)CC4)c4nc(Nc5ccn[nH]5)ncc34)CC2)cc(C)n1. The molecule has 2 fully saturated rings. The number of nitrogens with zero attached hydrogens (tertiary/aromatic N) is 7. The number of hydrogen-bond acceptors (Lipinski definition) is 8. The quantitative estimate of drug-likeness (QED) is 0.365. The summed E-state index contributed by atoms with van der Waals surface area (Å²) in [6.45, 7) is 5.19. The molecule has 1 saturated heterocycles. The van der Waals surface area contributed by atoms with Gasteiger partial charge in [-0.05, 0) is 64.5 Å². The van der Waals surface area contributed by atoms with Crippen LogP contribution in [0.15, 0.2) is 30.6 Å². The number of aromatic amines is 1. The van der Waals surface area contributed by atoms with E-state index >= 15 is 0 Å². The van der Waals surface area contributed by atoms with Gasteiger partial charge in [-0.3, -0.25) is 14.9 Å². The molecule has 2 aliphatic rings. The van der Waals surface area contributed by atoms with Crippen molar-refractivity contribution in [2.75, 3.05) is 18.4 Å². The lowest BCUT2D eigenvalue weighted by atomic mass is 9.92. The molecule has 198 valence electrons. The fraction of sp³-hybridized carbons (Fsp3) is 0.481. The molecule has 38 heavy (non-hydrogen) atoms. The Labute approximate surface area is 220 Å². The zero-order valence-electron chi connectivity index (χ0n) is 21.8. The Morgan fingerprint density at radius 3 is 2.47 bits per heavy atom. The number of aliphatic hydroxyl groups excluding tert-OH is 1. The summed E-state index contributed by atoms with van der Waals surface area (Å²) in [7, 11) is 0. The number of rotatable bonds is 5. The van der Waals surface area contributed by atoms with E-state index in [1.54, 1.807) is 6.20 Å². The van der Waals surface area contributed by atoms with Crippen LogP contribution in [-0.2, 0) is 0 Å². The number of aliphatic hydroxyl groups is 1. The maximum absolute atomic E-state index is 13.2. The van der Waals surface area contributed by atoms with Gasteiger partial charge in [0.15, 0.2) is 5.65 Å². The number of anilines is 2. The maximum atomic E-state index is 13.2. The van der Waals surface area contributed by atoms with E-state index in [4.69, 9.17) is 10.1 Å². The predicted molar refractivity (Wildman–Crippen MR) is 142 cm³/mol. The van der Waals surface area contributed by atoms with Gasteiger partial charge in [-0.25, -0.2) is 9.67 Å². The third-order valence-corrected chi connectivity index (χ3v) is 7.73. The number of fused-ring (bicyclic) bond motifs is 1.